The molecular formula is C17H25NO. The van der Waals surface area contributed by atoms with Crippen molar-refractivity contribution in [1.82, 2.24) is 0 Å². The predicted octanol–water partition coefficient (Wildman–Crippen LogP) is 4.63. The monoisotopic (exact) mass is 259 g/mol. The predicted molar refractivity (Wildman–Crippen MR) is 78.8 cm³/mol. The average molecular weight is 259 g/mol. The van der Waals surface area contributed by atoms with Crippen molar-refractivity contribution in [3.05, 3.63) is 35.4 Å². The summed E-state index contributed by atoms with van der Waals surface area (Å²) < 4.78 is 5.66. The van der Waals surface area contributed by atoms with Crippen molar-refractivity contribution in [2.45, 2.75) is 58.5 Å². The van der Waals surface area contributed by atoms with E-state index >= 15 is 0 Å². The van der Waals surface area contributed by atoms with Crippen LogP contribution >= 0.6 is 0 Å². The van der Waals surface area contributed by atoms with Crippen LogP contribution in [-0.4, -0.2) is 6.61 Å². The maximum Gasteiger partial charge on any atom is 0.0716 e. The SMILES string of the molecule is CCCCCCCCOCc1ccc(CC#N)cc1. The molecule has 0 N–H and O–H groups in total. The molecular weight excluding hydrogens is 234 g/mol. The summed E-state index contributed by atoms with van der Waals surface area (Å²) in [7, 11) is 0. The second-order valence-corrected chi connectivity index (χ2v) is 4.97. The van der Waals surface area contributed by atoms with Gasteiger partial charge in [0, 0.05) is 6.61 Å². The van der Waals surface area contributed by atoms with E-state index < -0.39 is 0 Å². The summed E-state index contributed by atoms with van der Waals surface area (Å²) in [6.45, 7) is 3.78. The molecule has 0 amide bonds. The Labute approximate surface area is 117 Å². The van der Waals surface area contributed by atoms with Crippen LogP contribution in [0.5, 0.6) is 0 Å². The molecule has 104 valence electrons. The molecule has 0 heterocycles. The molecule has 2 heteroatoms. The number of unbranched alkanes of at least 4 members (excludes halogenated alkanes) is 5. The van der Waals surface area contributed by atoms with Crippen molar-refractivity contribution in [1.29, 1.82) is 5.26 Å². The van der Waals surface area contributed by atoms with Crippen molar-refractivity contribution in [2.24, 2.45) is 0 Å². The van der Waals surface area contributed by atoms with Gasteiger partial charge >= 0.3 is 0 Å². The standard InChI is InChI=1S/C17H25NO/c1-2-3-4-5-6-7-14-19-15-17-10-8-16(9-11-17)12-13-18/h8-11H,2-7,12,14-15H2,1H3. The molecule has 19 heavy (non-hydrogen) atoms. The maximum atomic E-state index is 8.59. The largest absolute Gasteiger partial charge is 0.377 e. The quantitative estimate of drug-likeness (QED) is 0.574. The van der Waals surface area contributed by atoms with Gasteiger partial charge in [-0.1, -0.05) is 63.3 Å². The highest BCUT2D eigenvalue weighted by Crippen LogP contribution is 2.08. The van der Waals surface area contributed by atoms with Gasteiger partial charge in [0.2, 0.25) is 0 Å². The number of nitrogens with zero attached hydrogens (tertiary/aromatic N) is 1. The number of ether oxygens (including phenoxy) is 1. The fourth-order valence-corrected chi connectivity index (χ4v) is 2.02. The minimum absolute atomic E-state index is 0.485. The number of hydrogen-bond donors (Lipinski definition) is 0. The van der Waals surface area contributed by atoms with E-state index in [1.165, 1.54) is 37.7 Å². The Kier molecular flexibility index (Phi) is 8.76. The molecule has 0 fully saturated rings. The van der Waals surface area contributed by atoms with Gasteiger partial charge in [-0.25, -0.2) is 0 Å². The first kappa shape index (κ1) is 15.7. The van der Waals surface area contributed by atoms with Crippen molar-refractivity contribution >= 4 is 0 Å². The van der Waals surface area contributed by atoms with E-state index in [1.807, 2.05) is 24.3 Å². The number of hydrogen-bond acceptors (Lipinski definition) is 2. The number of benzene rings is 1. The van der Waals surface area contributed by atoms with E-state index in [0.717, 1.165) is 18.6 Å². The van der Waals surface area contributed by atoms with Crippen LogP contribution in [-0.2, 0) is 17.8 Å². The van der Waals surface area contributed by atoms with Crippen LogP contribution in [0.15, 0.2) is 24.3 Å². The van der Waals surface area contributed by atoms with E-state index in [-0.39, 0.29) is 0 Å². The van der Waals surface area contributed by atoms with Crippen LogP contribution in [0.4, 0.5) is 0 Å². The van der Waals surface area contributed by atoms with Gasteiger partial charge in [0.1, 0.15) is 0 Å². The summed E-state index contributed by atoms with van der Waals surface area (Å²) in [6.07, 6.45) is 8.28. The lowest BCUT2D eigenvalue weighted by Crippen LogP contribution is -1.96. The van der Waals surface area contributed by atoms with E-state index in [2.05, 4.69) is 13.0 Å². The molecule has 1 aromatic carbocycles. The zero-order valence-electron chi connectivity index (χ0n) is 12.0. The summed E-state index contributed by atoms with van der Waals surface area (Å²) in [5.41, 5.74) is 2.26. The lowest BCUT2D eigenvalue weighted by atomic mass is 10.1. The third-order valence-corrected chi connectivity index (χ3v) is 3.22. The van der Waals surface area contributed by atoms with Gasteiger partial charge in [0.15, 0.2) is 0 Å². The summed E-state index contributed by atoms with van der Waals surface area (Å²) in [6, 6.07) is 10.3. The molecule has 0 spiro atoms. The van der Waals surface area contributed by atoms with Crippen molar-refractivity contribution < 1.29 is 4.74 Å². The van der Waals surface area contributed by atoms with Gasteiger partial charge in [-0.3, -0.25) is 0 Å². The Morgan fingerprint density at radius 3 is 2.26 bits per heavy atom. The van der Waals surface area contributed by atoms with Crippen molar-refractivity contribution in [2.75, 3.05) is 6.61 Å². The van der Waals surface area contributed by atoms with E-state index in [9.17, 15) is 0 Å². The van der Waals surface area contributed by atoms with Crippen molar-refractivity contribution in [3.8, 4) is 6.07 Å². The lowest BCUT2D eigenvalue weighted by Gasteiger charge is -2.05. The molecule has 0 aliphatic rings. The highest BCUT2D eigenvalue weighted by molar-refractivity contribution is 5.23. The summed E-state index contributed by atoms with van der Waals surface area (Å²) in [4.78, 5) is 0. The Morgan fingerprint density at radius 1 is 0.947 bits per heavy atom. The molecule has 1 rings (SSSR count). The smallest absolute Gasteiger partial charge is 0.0716 e. The molecule has 0 aliphatic carbocycles. The Balaban J connectivity index is 2.04. The minimum Gasteiger partial charge on any atom is -0.377 e. The average Bonchev–Trinajstić information content (AvgIpc) is 2.44. The molecule has 0 bridgehead atoms. The lowest BCUT2D eigenvalue weighted by molar-refractivity contribution is 0.116. The van der Waals surface area contributed by atoms with Gasteiger partial charge in [-0.15, -0.1) is 0 Å². The topological polar surface area (TPSA) is 33.0 Å². The van der Waals surface area contributed by atoms with Gasteiger partial charge in [0.25, 0.3) is 0 Å². The molecule has 2 nitrogen and oxygen atoms in total. The third kappa shape index (κ3) is 7.64. The molecule has 0 atom stereocenters. The van der Waals surface area contributed by atoms with E-state index in [0.29, 0.717) is 13.0 Å². The van der Waals surface area contributed by atoms with Crippen LogP contribution in [0.1, 0.15) is 56.6 Å². The highest BCUT2D eigenvalue weighted by Gasteiger charge is 1.96. The van der Waals surface area contributed by atoms with Gasteiger partial charge in [-0.05, 0) is 17.5 Å². The number of rotatable bonds is 10. The molecule has 0 aromatic heterocycles. The van der Waals surface area contributed by atoms with E-state index in [1.54, 1.807) is 0 Å². The first-order chi connectivity index (χ1) is 9.36. The normalized spacial score (nSPS) is 10.3. The Morgan fingerprint density at radius 2 is 1.58 bits per heavy atom. The van der Waals surface area contributed by atoms with Gasteiger partial charge in [0.05, 0.1) is 19.1 Å². The van der Waals surface area contributed by atoms with Gasteiger partial charge in [-0.2, -0.15) is 5.26 Å². The van der Waals surface area contributed by atoms with E-state index in [4.69, 9.17) is 10.00 Å². The van der Waals surface area contributed by atoms with Crippen LogP contribution in [0.3, 0.4) is 0 Å². The molecule has 0 saturated heterocycles. The Hall–Kier alpha value is -1.33. The zero-order valence-corrected chi connectivity index (χ0v) is 12.0. The Bertz CT molecular complexity index is 364. The van der Waals surface area contributed by atoms with Crippen molar-refractivity contribution in [3.63, 3.8) is 0 Å². The highest BCUT2D eigenvalue weighted by atomic mass is 16.5. The van der Waals surface area contributed by atoms with Crippen LogP contribution in [0.2, 0.25) is 0 Å². The molecule has 1 aromatic rings. The molecule has 0 aliphatic heterocycles. The van der Waals surface area contributed by atoms with Gasteiger partial charge < -0.3 is 4.74 Å². The number of nitriles is 1. The third-order valence-electron chi connectivity index (χ3n) is 3.22. The zero-order chi connectivity index (χ0) is 13.8. The van der Waals surface area contributed by atoms with Crippen LogP contribution in [0, 0.1) is 11.3 Å². The summed E-state index contributed by atoms with van der Waals surface area (Å²) >= 11 is 0. The fourth-order valence-electron chi connectivity index (χ4n) is 2.02. The first-order valence-corrected chi connectivity index (χ1v) is 7.39. The molecule has 0 saturated carbocycles. The minimum atomic E-state index is 0.485. The first-order valence-electron chi connectivity index (χ1n) is 7.39. The second kappa shape index (κ2) is 10.6. The molecule has 0 unspecified atom stereocenters. The maximum absolute atomic E-state index is 8.59. The fraction of sp³-hybridized carbons (Fsp3) is 0.588. The molecule has 0 radical (unpaired) electrons. The van der Waals surface area contributed by atoms with Crippen LogP contribution in [0.25, 0.3) is 0 Å². The summed E-state index contributed by atoms with van der Waals surface area (Å²) in [5.74, 6) is 0. The van der Waals surface area contributed by atoms with Crippen LogP contribution < -0.4 is 0 Å². The summed E-state index contributed by atoms with van der Waals surface area (Å²) in [5, 5.41) is 8.59. The second-order valence-electron chi connectivity index (χ2n) is 4.97.